The highest BCUT2D eigenvalue weighted by molar-refractivity contribution is 5.87. The smallest absolute Gasteiger partial charge is 0.335 e. The number of rotatable bonds is 7. The lowest BCUT2D eigenvalue weighted by Gasteiger charge is -2.40. The van der Waals surface area contributed by atoms with Gasteiger partial charge in [0, 0.05) is 23.5 Å². The third kappa shape index (κ3) is 4.11. The van der Waals surface area contributed by atoms with Crippen molar-refractivity contribution in [1.82, 2.24) is 15.1 Å². The first-order chi connectivity index (χ1) is 15.5. The molecule has 168 valence electrons. The number of hydrogen-bond acceptors (Lipinski definition) is 4. The monoisotopic (exact) mass is 433 g/mol. The Hall–Kier alpha value is -2.86. The van der Waals surface area contributed by atoms with Crippen LogP contribution in [0, 0.1) is 18.8 Å². The second-order valence-electron chi connectivity index (χ2n) is 9.49. The molecule has 2 aromatic carbocycles. The fraction of sp³-hybridized carbons (Fsp3) is 0.462. The van der Waals surface area contributed by atoms with Crippen molar-refractivity contribution in [3.05, 3.63) is 58.8 Å². The van der Waals surface area contributed by atoms with E-state index in [0.717, 1.165) is 53.6 Å². The summed E-state index contributed by atoms with van der Waals surface area (Å²) in [5, 5.41) is 17.8. The minimum absolute atomic E-state index is 0.344. The fourth-order valence-corrected chi connectivity index (χ4v) is 5.45. The van der Waals surface area contributed by atoms with Crippen molar-refractivity contribution in [3.8, 4) is 5.75 Å². The van der Waals surface area contributed by atoms with Crippen molar-refractivity contribution in [2.24, 2.45) is 11.8 Å². The van der Waals surface area contributed by atoms with Crippen molar-refractivity contribution in [2.75, 3.05) is 13.7 Å². The van der Waals surface area contributed by atoms with Crippen LogP contribution in [0.15, 0.2) is 36.5 Å². The van der Waals surface area contributed by atoms with E-state index in [1.165, 1.54) is 36.8 Å². The Morgan fingerprint density at radius 3 is 2.69 bits per heavy atom. The van der Waals surface area contributed by atoms with Gasteiger partial charge >= 0.3 is 5.97 Å². The van der Waals surface area contributed by atoms with Crippen molar-refractivity contribution >= 4 is 16.9 Å². The molecular weight excluding hydrogens is 402 g/mol. The molecule has 1 unspecified atom stereocenters. The average Bonchev–Trinajstić information content (AvgIpc) is 3.52. The first kappa shape index (κ1) is 21.0. The maximum atomic E-state index is 11.2. The first-order valence-corrected chi connectivity index (χ1v) is 11.6. The summed E-state index contributed by atoms with van der Waals surface area (Å²) >= 11 is 0. The van der Waals surface area contributed by atoms with Gasteiger partial charge in [-0.2, -0.15) is 5.10 Å². The largest absolute Gasteiger partial charge is 0.496 e. The van der Waals surface area contributed by atoms with Gasteiger partial charge in [0.25, 0.3) is 0 Å². The van der Waals surface area contributed by atoms with Crippen LogP contribution >= 0.6 is 0 Å². The number of aromatic amines is 1. The second-order valence-corrected chi connectivity index (χ2v) is 9.49. The SMILES string of the molecule is COc1cc(C)c2[nH]ncc2c1CN1CCC(C2CC2)C[C@H]1Cc1ccc(C(=O)O)cc1. The zero-order valence-electron chi connectivity index (χ0n) is 18.8. The summed E-state index contributed by atoms with van der Waals surface area (Å²) in [5.74, 6) is 1.76. The first-order valence-electron chi connectivity index (χ1n) is 11.6. The molecule has 2 fully saturated rings. The lowest BCUT2D eigenvalue weighted by molar-refractivity contribution is 0.0697. The molecule has 0 radical (unpaired) electrons. The number of piperidine rings is 1. The van der Waals surface area contributed by atoms with E-state index in [0.29, 0.717) is 11.6 Å². The Morgan fingerprint density at radius 1 is 1.22 bits per heavy atom. The molecule has 6 heteroatoms. The van der Waals surface area contributed by atoms with Gasteiger partial charge in [-0.15, -0.1) is 0 Å². The normalized spacial score (nSPS) is 21.7. The van der Waals surface area contributed by atoms with Gasteiger partial charge < -0.3 is 9.84 Å². The van der Waals surface area contributed by atoms with Crippen molar-refractivity contribution < 1.29 is 14.6 Å². The molecule has 2 heterocycles. The number of carboxylic acids is 1. The van der Waals surface area contributed by atoms with E-state index in [2.05, 4.69) is 28.1 Å². The summed E-state index contributed by atoms with van der Waals surface area (Å²) in [7, 11) is 1.74. The molecular formula is C26H31N3O3. The number of hydrogen-bond donors (Lipinski definition) is 2. The third-order valence-corrected chi connectivity index (χ3v) is 7.42. The molecule has 6 nitrogen and oxygen atoms in total. The summed E-state index contributed by atoms with van der Waals surface area (Å²) < 4.78 is 5.78. The quantitative estimate of drug-likeness (QED) is 0.559. The highest BCUT2D eigenvalue weighted by Gasteiger charge is 2.37. The van der Waals surface area contributed by atoms with Crippen LogP contribution in [0.4, 0.5) is 0 Å². The molecule has 1 saturated heterocycles. The Balaban J connectivity index is 1.42. The van der Waals surface area contributed by atoms with Crippen molar-refractivity contribution in [2.45, 2.75) is 51.6 Å². The summed E-state index contributed by atoms with van der Waals surface area (Å²) in [6.45, 7) is 3.99. The van der Waals surface area contributed by atoms with E-state index in [9.17, 15) is 9.90 Å². The van der Waals surface area contributed by atoms with Crippen LogP contribution in [0.25, 0.3) is 10.9 Å². The number of ether oxygens (including phenoxy) is 1. The molecule has 1 saturated carbocycles. The third-order valence-electron chi connectivity index (χ3n) is 7.42. The number of likely N-dealkylation sites (tertiary alicyclic amines) is 1. The van der Waals surface area contributed by atoms with Crippen molar-refractivity contribution in [1.29, 1.82) is 0 Å². The zero-order chi connectivity index (χ0) is 22.2. The Kier molecular flexibility index (Phi) is 5.64. The molecule has 2 N–H and O–H groups in total. The molecule has 1 aliphatic heterocycles. The number of nitrogens with one attached hydrogen (secondary N) is 1. The summed E-state index contributed by atoms with van der Waals surface area (Å²) in [6, 6.07) is 9.93. The Labute approximate surface area is 188 Å². The van der Waals surface area contributed by atoms with Crippen LogP contribution in [0.5, 0.6) is 5.75 Å². The van der Waals surface area contributed by atoms with Gasteiger partial charge in [-0.05, 0) is 86.7 Å². The molecule has 1 aliphatic carbocycles. The number of aryl methyl sites for hydroxylation is 1. The molecule has 0 spiro atoms. The molecule has 2 aliphatic rings. The summed E-state index contributed by atoms with van der Waals surface area (Å²) in [4.78, 5) is 13.8. The Morgan fingerprint density at radius 2 is 2.00 bits per heavy atom. The molecule has 0 amide bonds. The van der Waals surface area contributed by atoms with E-state index in [4.69, 9.17) is 4.74 Å². The summed E-state index contributed by atoms with van der Waals surface area (Å²) in [6.07, 6.45) is 8.07. The minimum atomic E-state index is -0.875. The standard InChI is InChI=1S/C26H31N3O3/c1-16-11-24(32-2)23(22-14-27-28-25(16)22)15-29-10-9-20(18-7-8-18)13-21(29)12-17-3-5-19(6-4-17)26(30)31/h3-6,11,14,18,20-21H,7-10,12-13,15H2,1-2H3,(H,27,28)(H,30,31)/t20?,21-/m1/s1. The molecule has 5 rings (SSSR count). The lowest BCUT2D eigenvalue weighted by Crippen LogP contribution is -2.43. The number of aromatic nitrogens is 2. The number of aromatic carboxylic acids is 1. The molecule has 1 aromatic heterocycles. The topological polar surface area (TPSA) is 78.5 Å². The van der Waals surface area contributed by atoms with Crippen LogP contribution in [-0.4, -0.2) is 45.9 Å². The van der Waals surface area contributed by atoms with E-state index in [1.807, 2.05) is 18.3 Å². The number of benzene rings is 2. The highest BCUT2D eigenvalue weighted by Crippen LogP contribution is 2.44. The van der Waals surface area contributed by atoms with Gasteiger partial charge in [-0.25, -0.2) is 4.79 Å². The average molecular weight is 434 g/mol. The van der Waals surface area contributed by atoms with Gasteiger partial charge in [0.15, 0.2) is 0 Å². The van der Waals surface area contributed by atoms with E-state index in [1.54, 1.807) is 19.2 Å². The van der Waals surface area contributed by atoms with Crippen LogP contribution in [0.1, 0.15) is 52.7 Å². The van der Waals surface area contributed by atoms with E-state index < -0.39 is 5.97 Å². The maximum absolute atomic E-state index is 11.2. The Bertz CT molecular complexity index is 1120. The minimum Gasteiger partial charge on any atom is -0.496 e. The van der Waals surface area contributed by atoms with Gasteiger partial charge in [-0.3, -0.25) is 10.00 Å². The number of fused-ring (bicyclic) bond motifs is 1. The molecule has 3 aromatic rings. The van der Waals surface area contributed by atoms with Gasteiger partial charge in [-0.1, -0.05) is 12.1 Å². The van der Waals surface area contributed by atoms with Crippen LogP contribution in [0.3, 0.4) is 0 Å². The highest BCUT2D eigenvalue weighted by atomic mass is 16.5. The maximum Gasteiger partial charge on any atom is 0.335 e. The number of carbonyl (C=O) groups is 1. The molecule has 2 atom stereocenters. The number of nitrogens with zero attached hydrogens (tertiary/aromatic N) is 2. The number of carboxylic acid groups (broad SMARTS) is 1. The van der Waals surface area contributed by atoms with Crippen LogP contribution in [-0.2, 0) is 13.0 Å². The lowest BCUT2D eigenvalue weighted by atomic mass is 9.84. The number of H-pyrrole nitrogens is 1. The molecule has 0 bridgehead atoms. The predicted octanol–water partition coefficient (Wildman–Crippen LogP) is 4.81. The van der Waals surface area contributed by atoms with Gasteiger partial charge in [0.05, 0.1) is 24.4 Å². The van der Waals surface area contributed by atoms with Crippen LogP contribution in [0.2, 0.25) is 0 Å². The summed E-state index contributed by atoms with van der Waals surface area (Å²) in [5.41, 5.74) is 4.95. The van der Waals surface area contributed by atoms with Gasteiger partial charge in [0.1, 0.15) is 5.75 Å². The van der Waals surface area contributed by atoms with Crippen LogP contribution < -0.4 is 4.74 Å². The zero-order valence-corrected chi connectivity index (χ0v) is 18.8. The van der Waals surface area contributed by atoms with Gasteiger partial charge in [0.2, 0.25) is 0 Å². The predicted molar refractivity (Wildman–Crippen MR) is 124 cm³/mol. The van der Waals surface area contributed by atoms with E-state index >= 15 is 0 Å². The number of methoxy groups -OCH3 is 1. The molecule has 32 heavy (non-hydrogen) atoms. The second kappa shape index (κ2) is 8.58. The van der Waals surface area contributed by atoms with Crippen molar-refractivity contribution in [3.63, 3.8) is 0 Å². The fourth-order valence-electron chi connectivity index (χ4n) is 5.45. The van der Waals surface area contributed by atoms with E-state index in [-0.39, 0.29) is 0 Å².